The standard InChI is InChI=1S/2C5H12N.C2H5.Ga/c2*1-4-5-6(2)3;1-2;/h2*1,4-5H2,2-3H3;1H2,2H3;. The van der Waals surface area contributed by atoms with Gasteiger partial charge < -0.3 is 0 Å². The summed E-state index contributed by atoms with van der Waals surface area (Å²) in [5, 5.41) is 0. The van der Waals surface area contributed by atoms with Crippen LogP contribution in [-0.2, 0) is 0 Å². The van der Waals surface area contributed by atoms with Gasteiger partial charge in [-0.25, -0.2) is 0 Å². The van der Waals surface area contributed by atoms with Gasteiger partial charge in [0, 0.05) is 0 Å². The molecule has 0 aromatic carbocycles. The summed E-state index contributed by atoms with van der Waals surface area (Å²) in [6.07, 6.45) is 2.88. The normalized spacial score (nSPS) is 11.4. The fourth-order valence-corrected chi connectivity index (χ4v) is 7.45. The van der Waals surface area contributed by atoms with Crippen molar-refractivity contribution >= 4 is 16.2 Å². The Morgan fingerprint density at radius 2 is 1.20 bits per heavy atom. The van der Waals surface area contributed by atoms with E-state index in [-0.39, 0.29) is 0 Å². The zero-order valence-electron chi connectivity index (χ0n) is 11.4. The molecule has 0 aliphatic carbocycles. The van der Waals surface area contributed by atoms with E-state index in [4.69, 9.17) is 0 Å². The third kappa shape index (κ3) is 10.8. The van der Waals surface area contributed by atoms with E-state index in [2.05, 4.69) is 44.9 Å². The van der Waals surface area contributed by atoms with E-state index in [0.29, 0.717) is 0 Å². The Kier molecular flexibility index (Phi) is 10.1. The fraction of sp³-hybridized carbons (Fsp3) is 1.00. The van der Waals surface area contributed by atoms with Crippen LogP contribution in [0.5, 0.6) is 0 Å². The van der Waals surface area contributed by atoms with E-state index in [1.165, 1.54) is 30.9 Å². The van der Waals surface area contributed by atoms with E-state index in [9.17, 15) is 0 Å². The summed E-state index contributed by atoms with van der Waals surface area (Å²) in [7, 11) is 8.72. The molecular formula is C12H29GaN2. The fourth-order valence-electron chi connectivity index (χ4n) is 1.94. The maximum atomic E-state index is 2.41. The van der Waals surface area contributed by atoms with Gasteiger partial charge in [-0.15, -0.1) is 0 Å². The van der Waals surface area contributed by atoms with Gasteiger partial charge in [-0.1, -0.05) is 0 Å². The van der Waals surface area contributed by atoms with Crippen molar-refractivity contribution in [1.82, 2.24) is 9.80 Å². The molecule has 0 aliphatic heterocycles. The van der Waals surface area contributed by atoms with Crippen LogP contribution in [0.3, 0.4) is 0 Å². The van der Waals surface area contributed by atoms with Crippen molar-refractivity contribution in [2.24, 2.45) is 0 Å². The second-order valence-corrected chi connectivity index (χ2v) is 12.9. The van der Waals surface area contributed by atoms with E-state index in [0.717, 1.165) is 0 Å². The molecule has 0 bridgehead atoms. The first-order valence-electron chi connectivity index (χ1n) is 6.35. The summed E-state index contributed by atoms with van der Waals surface area (Å²) in [6, 6.07) is 0. The Balaban J connectivity index is 3.46. The Morgan fingerprint density at radius 1 is 0.800 bits per heavy atom. The molecule has 0 N–H and O–H groups in total. The molecule has 3 heteroatoms. The summed E-state index contributed by atoms with van der Waals surface area (Å²) in [4.78, 5) is 9.35. The number of hydrogen-bond acceptors (Lipinski definition) is 2. The van der Waals surface area contributed by atoms with Crippen molar-refractivity contribution in [2.75, 3.05) is 41.3 Å². The Bertz CT molecular complexity index is 124. The topological polar surface area (TPSA) is 6.48 Å². The molecule has 0 aromatic heterocycles. The Hall–Kier alpha value is 0.556. The average Bonchev–Trinajstić information content (AvgIpc) is 2.14. The van der Waals surface area contributed by atoms with Crippen molar-refractivity contribution in [2.45, 2.75) is 34.7 Å². The summed E-state index contributed by atoms with van der Waals surface area (Å²) in [5.41, 5.74) is 0. The summed E-state index contributed by atoms with van der Waals surface area (Å²) >= 11 is -0.851. The maximum absolute atomic E-state index is 2.41. The van der Waals surface area contributed by atoms with Gasteiger partial charge in [0.05, 0.1) is 0 Å². The molecule has 0 amide bonds. The Morgan fingerprint density at radius 3 is 1.47 bits per heavy atom. The molecule has 0 saturated carbocycles. The molecule has 15 heavy (non-hydrogen) atoms. The van der Waals surface area contributed by atoms with E-state index >= 15 is 0 Å². The van der Waals surface area contributed by atoms with Crippen LogP contribution >= 0.6 is 0 Å². The molecule has 90 valence electrons. The molecule has 0 saturated heterocycles. The second-order valence-electron chi connectivity index (χ2n) is 5.17. The van der Waals surface area contributed by atoms with Gasteiger partial charge in [0.2, 0.25) is 0 Å². The van der Waals surface area contributed by atoms with Crippen LogP contribution in [0.2, 0.25) is 14.9 Å². The first-order valence-corrected chi connectivity index (χ1v) is 11.5. The monoisotopic (exact) mass is 270 g/mol. The first kappa shape index (κ1) is 15.6. The van der Waals surface area contributed by atoms with Gasteiger partial charge in [-0.05, 0) is 0 Å². The molecule has 0 rings (SSSR count). The zero-order valence-corrected chi connectivity index (χ0v) is 13.8. The number of rotatable bonds is 9. The summed E-state index contributed by atoms with van der Waals surface area (Å²) < 4.78 is 0. The van der Waals surface area contributed by atoms with Gasteiger partial charge >= 0.3 is 102 Å². The molecule has 0 fully saturated rings. The van der Waals surface area contributed by atoms with Crippen LogP contribution in [-0.4, -0.2) is 67.3 Å². The zero-order chi connectivity index (χ0) is 11.7. The van der Waals surface area contributed by atoms with E-state index in [1.54, 1.807) is 9.95 Å². The quantitative estimate of drug-likeness (QED) is 0.594. The molecule has 0 unspecified atom stereocenters. The molecule has 0 spiro atoms. The van der Waals surface area contributed by atoms with Crippen LogP contribution in [0, 0.1) is 0 Å². The van der Waals surface area contributed by atoms with Gasteiger partial charge in [0.15, 0.2) is 0 Å². The van der Waals surface area contributed by atoms with Crippen LogP contribution in [0.25, 0.3) is 0 Å². The van der Waals surface area contributed by atoms with Crippen molar-refractivity contribution in [3.63, 3.8) is 0 Å². The minimum atomic E-state index is -0.851. The first-order chi connectivity index (χ1) is 7.06. The third-order valence-electron chi connectivity index (χ3n) is 3.01. The van der Waals surface area contributed by atoms with Crippen molar-refractivity contribution < 1.29 is 0 Å². The van der Waals surface area contributed by atoms with Crippen molar-refractivity contribution in [3.8, 4) is 0 Å². The van der Waals surface area contributed by atoms with Gasteiger partial charge in [-0.2, -0.15) is 0 Å². The van der Waals surface area contributed by atoms with E-state index in [1.807, 2.05) is 0 Å². The summed E-state index contributed by atoms with van der Waals surface area (Å²) in [5.74, 6) is 0. The predicted molar refractivity (Wildman–Crippen MR) is 72.2 cm³/mol. The SMILES string of the molecule is C[CH2][Ga]([CH2]CCN(C)C)[CH2]CCN(C)C. The van der Waals surface area contributed by atoms with Gasteiger partial charge in [0.1, 0.15) is 0 Å². The molecule has 0 heterocycles. The van der Waals surface area contributed by atoms with Crippen molar-refractivity contribution in [1.29, 1.82) is 0 Å². The third-order valence-corrected chi connectivity index (χ3v) is 10.6. The minimum absolute atomic E-state index is 0.851. The molecule has 0 aliphatic rings. The Labute approximate surface area is 102 Å². The van der Waals surface area contributed by atoms with Crippen LogP contribution < -0.4 is 0 Å². The van der Waals surface area contributed by atoms with Crippen LogP contribution in [0.15, 0.2) is 0 Å². The molecule has 0 aromatic rings. The van der Waals surface area contributed by atoms with E-state index < -0.39 is 16.2 Å². The number of hydrogen-bond donors (Lipinski definition) is 0. The molecule has 0 radical (unpaired) electrons. The number of nitrogens with zero attached hydrogens (tertiary/aromatic N) is 2. The molecular weight excluding hydrogens is 242 g/mol. The van der Waals surface area contributed by atoms with Crippen molar-refractivity contribution in [3.05, 3.63) is 0 Å². The van der Waals surface area contributed by atoms with Crippen LogP contribution in [0.1, 0.15) is 19.8 Å². The predicted octanol–water partition coefficient (Wildman–Crippen LogP) is 2.40. The summed E-state index contributed by atoms with van der Waals surface area (Å²) in [6.45, 7) is 4.99. The molecule has 0 atom stereocenters. The average molecular weight is 271 g/mol. The molecule has 2 nitrogen and oxygen atoms in total. The second kappa shape index (κ2) is 9.76. The van der Waals surface area contributed by atoms with Gasteiger partial charge in [-0.3, -0.25) is 0 Å². The van der Waals surface area contributed by atoms with Gasteiger partial charge in [0.25, 0.3) is 0 Å². The van der Waals surface area contributed by atoms with Crippen LogP contribution in [0.4, 0.5) is 0 Å².